The van der Waals surface area contributed by atoms with E-state index in [1.165, 1.54) is 18.2 Å². The fraction of sp³-hybridized carbons (Fsp3) is 0. The number of carboxylic acid groups (broad SMARTS) is 1. The molecule has 0 saturated carbocycles. The zero-order valence-corrected chi connectivity index (χ0v) is 5.93. The standard InChI is InChI=1S/C7H5NO4.Ca.2H/c9-7(10)5-3-1-2-4-6(5)8(11)12;;;/h1-4H,(H,9,10);;;. The molecule has 1 N–H and O–H groups in total. The molecule has 13 heavy (non-hydrogen) atoms. The quantitative estimate of drug-likeness (QED) is 0.433. The second-order valence-corrected chi connectivity index (χ2v) is 2.08. The summed E-state index contributed by atoms with van der Waals surface area (Å²) < 4.78 is 0. The van der Waals surface area contributed by atoms with Crippen LogP contribution in [0.3, 0.4) is 0 Å². The Labute approximate surface area is 104 Å². The summed E-state index contributed by atoms with van der Waals surface area (Å²) in [6.45, 7) is 0. The Kier molecular flexibility index (Phi) is 4.90. The SMILES string of the molecule is O=C(O)c1ccccc1[N+](=O)[O-].[CaH2]. The number of rotatable bonds is 2. The summed E-state index contributed by atoms with van der Waals surface area (Å²) in [5.74, 6) is -1.29. The Hall–Kier alpha value is -0.650. The van der Waals surface area contributed by atoms with Crippen molar-refractivity contribution in [1.29, 1.82) is 0 Å². The van der Waals surface area contributed by atoms with Crippen molar-refractivity contribution >= 4 is 49.4 Å². The molecule has 0 radical (unpaired) electrons. The molecule has 0 unspecified atom stereocenters. The van der Waals surface area contributed by atoms with Gasteiger partial charge in [0, 0.05) is 6.07 Å². The molecule has 0 heterocycles. The van der Waals surface area contributed by atoms with Gasteiger partial charge in [-0.15, -0.1) is 0 Å². The van der Waals surface area contributed by atoms with Gasteiger partial charge >= 0.3 is 43.7 Å². The summed E-state index contributed by atoms with van der Waals surface area (Å²) in [4.78, 5) is 20.0. The van der Waals surface area contributed by atoms with Crippen LogP contribution in [0.1, 0.15) is 10.4 Å². The first-order chi connectivity index (χ1) is 5.63. The monoisotopic (exact) mass is 209 g/mol. The van der Waals surface area contributed by atoms with E-state index in [1.807, 2.05) is 0 Å². The first kappa shape index (κ1) is 12.3. The van der Waals surface area contributed by atoms with E-state index < -0.39 is 10.9 Å². The average Bonchev–Trinajstić information content (AvgIpc) is 2.04. The van der Waals surface area contributed by atoms with Gasteiger partial charge in [-0.2, -0.15) is 0 Å². The molecular weight excluding hydrogens is 202 g/mol. The number of nitrogens with zero attached hydrogens (tertiary/aromatic N) is 1. The van der Waals surface area contributed by atoms with E-state index in [2.05, 4.69) is 0 Å². The molecule has 0 atom stereocenters. The third-order valence-electron chi connectivity index (χ3n) is 1.33. The average molecular weight is 209 g/mol. The number of hydrogen-bond acceptors (Lipinski definition) is 3. The van der Waals surface area contributed by atoms with Crippen molar-refractivity contribution in [1.82, 2.24) is 0 Å². The van der Waals surface area contributed by atoms with Gasteiger partial charge in [0.05, 0.1) is 4.92 Å². The molecule has 66 valence electrons. The van der Waals surface area contributed by atoms with Gasteiger partial charge in [0.2, 0.25) is 0 Å². The van der Waals surface area contributed by atoms with Crippen molar-refractivity contribution in [3.63, 3.8) is 0 Å². The molecule has 0 aromatic heterocycles. The predicted octanol–water partition coefficient (Wildman–Crippen LogP) is 0.377. The summed E-state index contributed by atoms with van der Waals surface area (Å²) in [6, 6.07) is 5.21. The van der Waals surface area contributed by atoms with Crippen molar-refractivity contribution in [2.75, 3.05) is 0 Å². The van der Waals surface area contributed by atoms with Gasteiger partial charge in [-0.1, -0.05) is 12.1 Å². The second-order valence-electron chi connectivity index (χ2n) is 2.08. The summed E-state index contributed by atoms with van der Waals surface area (Å²) in [5, 5.41) is 18.8. The van der Waals surface area contributed by atoms with Gasteiger partial charge in [0.25, 0.3) is 5.69 Å². The Bertz CT molecular complexity index is 306. The van der Waals surface area contributed by atoms with Crippen molar-refractivity contribution in [3.05, 3.63) is 39.9 Å². The Morgan fingerprint density at radius 1 is 1.38 bits per heavy atom. The third-order valence-corrected chi connectivity index (χ3v) is 1.33. The Morgan fingerprint density at radius 2 is 1.92 bits per heavy atom. The maximum atomic E-state index is 10.4. The molecular formula is C7H7CaNO4. The van der Waals surface area contributed by atoms with Gasteiger partial charge in [-0.05, 0) is 6.07 Å². The fourth-order valence-corrected chi connectivity index (χ4v) is 0.814. The minimum atomic E-state index is -1.29. The van der Waals surface area contributed by atoms with Crippen molar-refractivity contribution in [3.8, 4) is 0 Å². The van der Waals surface area contributed by atoms with E-state index in [9.17, 15) is 14.9 Å². The fourth-order valence-electron chi connectivity index (χ4n) is 0.814. The Morgan fingerprint density at radius 3 is 2.31 bits per heavy atom. The molecule has 5 nitrogen and oxygen atoms in total. The predicted molar refractivity (Wildman–Crippen MR) is 48.6 cm³/mol. The zero-order valence-electron chi connectivity index (χ0n) is 5.93. The van der Waals surface area contributed by atoms with Gasteiger partial charge in [0.15, 0.2) is 0 Å². The van der Waals surface area contributed by atoms with Crippen molar-refractivity contribution in [2.45, 2.75) is 0 Å². The van der Waals surface area contributed by atoms with Crippen LogP contribution in [0.2, 0.25) is 0 Å². The number of benzene rings is 1. The second kappa shape index (κ2) is 5.16. The van der Waals surface area contributed by atoms with E-state index in [4.69, 9.17) is 5.11 Å². The molecule has 0 saturated heterocycles. The van der Waals surface area contributed by atoms with Crippen LogP contribution in [-0.2, 0) is 0 Å². The number of nitro groups is 1. The zero-order chi connectivity index (χ0) is 9.14. The number of aromatic carboxylic acids is 1. The first-order valence-electron chi connectivity index (χ1n) is 3.09. The number of nitro benzene ring substituents is 1. The molecule has 0 spiro atoms. The van der Waals surface area contributed by atoms with Crippen molar-refractivity contribution in [2.24, 2.45) is 0 Å². The Balaban J connectivity index is 0.00000144. The molecule has 1 rings (SSSR count). The summed E-state index contributed by atoms with van der Waals surface area (Å²) in [5.41, 5.74) is -0.674. The van der Waals surface area contributed by atoms with Gasteiger partial charge in [0.1, 0.15) is 5.56 Å². The summed E-state index contributed by atoms with van der Waals surface area (Å²) >= 11 is 0. The van der Waals surface area contributed by atoms with Crippen LogP contribution in [0.4, 0.5) is 5.69 Å². The molecule has 6 heteroatoms. The van der Waals surface area contributed by atoms with Gasteiger partial charge in [-0.3, -0.25) is 10.1 Å². The van der Waals surface area contributed by atoms with Gasteiger partial charge in [-0.25, -0.2) is 4.79 Å². The van der Waals surface area contributed by atoms with Crippen LogP contribution >= 0.6 is 0 Å². The molecule has 1 aromatic carbocycles. The normalized spacial score (nSPS) is 8.62. The van der Waals surface area contributed by atoms with Gasteiger partial charge < -0.3 is 5.11 Å². The molecule has 1 aromatic rings. The van der Waals surface area contributed by atoms with Crippen LogP contribution in [0.15, 0.2) is 24.3 Å². The minimum absolute atomic E-state index is 0. The van der Waals surface area contributed by atoms with Crippen LogP contribution in [-0.4, -0.2) is 53.7 Å². The molecule has 0 aliphatic carbocycles. The van der Waals surface area contributed by atoms with Crippen LogP contribution in [0.5, 0.6) is 0 Å². The van der Waals surface area contributed by atoms with E-state index in [1.54, 1.807) is 0 Å². The molecule has 0 aliphatic rings. The number of hydrogen-bond donors (Lipinski definition) is 1. The van der Waals surface area contributed by atoms with E-state index in [0.29, 0.717) is 0 Å². The molecule has 0 bridgehead atoms. The van der Waals surface area contributed by atoms with Crippen molar-refractivity contribution < 1.29 is 14.8 Å². The third kappa shape index (κ3) is 2.95. The van der Waals surface area contributed by atoms with E-state index in [0.717, 1.165) is 6.07 Å². The number of carboxylic acids is 1. The van der Waals surface area contributed by atoms with E-state index >= 15 is 0 Å². The maximum absolute atomic E-state index is 10.4. The van der Waals surface area contributed by atoms with Crippen LogP contribution in [0.25, 0.3) is 0 Å². The molecule has 0 amide bonds. The summed E-state index contributed by atoms with van der Waals surface area (Å²) in [7, 11) is 0. The first-order valence-corrected chi connectivity index (χ1v) is 3.09. The summed E-state index contributed by atoms with van der Waals surface area (Å²) in [6.07, 6.45) is 0. The molecule has 0 aliphatic heterocycles. The topological polar surface area (TPSA) is 80.4 Å². The number of para-hydroxylation sites is 1. The van der Waals surface area contributed by atoms with Crippen LogP contribution < -0.4 is 0 Å². The molecule has 0 fully saturated rings. The van der Waals surface area contributed by atoms with Crippen LogP contribution in [0, 0.1) is 10.1 Å². The number of carbonyl (C=O) groups is 1. The van der Waals surface area contributed by atoms with E-state index in [-0.39, 0.29) is 49.0 Å².